The van der Waals surface area contributed by atoms with E-state index in [1.165, 1.54) is 0 Å². The number of carboxylic acid groups (broad SMARTS) is 2. The van der Waals surface area contributed by atoms with Crippen LogP contribution in [-0.4, -0.2) is 34.7 Å². The molecule has 0 aromatic rings. The second-order valence-corrected chi connectivity index (χ2v) is 4.03. The summed E-state index contributed by atoms with van der Waals surface area (Å²) in [4.78, 5) is 20.9. The molecule has 0 saturated heterocycles. The summed E-state index contributed by atoms with van der Waals surface area (Å²) in [5.41, 5.74) is 0. The van der Waals surface area contributed by atoms with Gasteiger partial charge in [0.05, 0.1) is 0 Å². The van der Waals surface area contributed by atoms with Gasteiger partial charge in [0.2, 0.25) is 0 Å². The van der Waals surface area contributed by atoms with E-state index < -0.39 is 24.5 Å². The van der Waals surface area contributed by atoms with Crippen molar-refractivity contribution >= 4 is 12.3 Å². The highest BCUT2D eigenvalue weighted by Gasteiger charge is 2.52. The Balaban J connectivity index is 2.05. The molecule has 2 aliphatic carbocycles. The largest absolute Gasteiger partial charge is 0.506 e. The normalized spacial score (nSPS) is 37.6. The Morgan fingerprint density at radius 3 is 1.67 bits per heavy atom. The van der Waals surface area contributed by atoms with Gasteiger partial charge in [-0.15, -0.1) is 0 Å². The first-order valence-electron chi connectivity index (χ1n) is 4.87. The van der Waals surface area contributed by atoms with Crippen LogP contribution in [0.15, 0.2) is 0 Å². The van der Waals surface area contributed by atoms with Crippen LogP contribution >= 0.6 is 0 Å². The van der Waals surface area contributed by atoms with Gasteiger partial charge in [-0.05, 0) is 19.3 Å². The van der Waals surface area contributed by atoms with Crippen LogP contribution in [0.3, 0.4) is 0 Å². The van der Waals surface area contributed by atoms with E-state index in [0.717, 1.165) is 19.3 Å². The third-order valence-electron chi connectivity index (χ3n) is 3.24. The van der Waals surface area contributed by atoms with Gasteiger partial charge in [0.1, 0.15) is 12.2 Å². The van der Waals surface area contributed by atoms with Crippen molar-refractivity contribution in [3.05, 3.63) is 0 Å². The van der Waals surface area contributed by atoms with Crippen molar-refractivity contribution in [3.63, 3.8) is 0 Å². The summed E-state index contributed by atoms with van der Waals surface area (Å²) in [5.74, 6) is 0.242. The zero-order valence-corrected chi connectivity index (χ0v) is 7.96. The minimum atomic E-state index is -1.37. The number of hydrogen-bond acceptors (Lipinski definition) is 4. The Hall–Kier alpha value is -1.46. The SMILES string of the molecule is O=C(O)OC1C(OC(=O)O)[C@H]2CC[C@@H]1C2. The van der Waals surface area contributed by atoms with Crippen LogP contribution in [0.25, 0.3) is 0 Å². The molecule has 4 atom stereocenters. The van der Waals surface area contributed by atoms with Gasteiger partial charge >= 0.3 is 12.3 Å². The minimum absolute atomic E-state index is 0.121. The summed E-state index contributed by atoms with van der Waals surface area (Å²) >= 11 is 0. The Morgan fingerprint density at radius 2 is 1.33 bits per heavy atom. The van der Waals surface area contributed by atoms with Crippen molar-refractivity contribution in [2.24, 2.45) is 11.8 Å². The highest BCUT2D eigenvalue weighted by Crippen LogP contribution is 2.47. The summed E-state index contributed by atoms with van der Waals surface area (Å²) in [6.45, 7) is 0. The van der Waals surface area contributed by atoms with Gasteiger partial charge < -0.3 is 19.7 Å². The molecule has 0 amide bonds. The minimum Gasteiger partial charge on any atom is -0.450 e. The molecule has 2 rings (SSSR count). The summed E-state index contributed by atoms with van der Waals surface area (Å²) in [6.07, 6.45) is -1.38. The van der Waals surface area contributed by atoms with Gasteiger partial charge in [-0.25, -0.2) is 9.59 Å². The average molecular weight is 216 g/mol. The van der Waals surface area contributed by atoms with Crippen LogP contribution in [0.2, 0.25) is 0 Å². The van der Waals surface area contributed by atoms with Crippen molar-refractivity contribution in [1.29, 1.82) is 0 Å². The van der Waals surface area contributed by atoms with Gasteiger partial charge in [-0.1, -0.05) is 0 Å². The van der Waals surface area contributed by atoms with Gasteiger partial charge in [-0.2, -0.15) is 0 Å². The molecule has 15 heavy (non-hydrogen) atoms. The lowest BCUT2D eigenvalue weighted by Crippen LogP contribution is -2.39. The van der Waals surface area contributed by atoms with Crippen LogP contribution in [0.4, 0.5) is 9.59 Å². The third-order valence-corrected chi connectivity index (χ3v) is 3.24. The van der Waals surface area contributed by atoms with Crippen molar-refractivity contribution in [3.8, 4) is 0 Å². The van der Waals surface area contributed by atoms with Gasteiger partial charge in [0, 0.05) is 11.8 Å². The van der Waals surface area contributed by atoms with E-state index in [9.17, 15) is 9.59 Å². The lowest BCUT2D eigenvalue weighted by atomic mass is 9.95. The summed E-state index contributed by atoms with van der Waals surface area (Å²) in [7, 11) is 0. The van der Waals surface area contributed by atoms with E-state index in [0.29, 0.717) is 0 Å². The molecule has 0 aromatic heterocycles. The van der Waals surface area contributed by atoms with Crippen LogP contribution in [0, 0.1) is 11.8 Å². The third kappa shape index (κ3) is 1.84. The first-order valence-corrected chi connectivity index (χ1v) is 4.87. The molecule has 0 aromatic carbocycles. The van der Waals surface area contributed by atoms with Gasteiger partial charge in [0.25, 0.3) is 0 Å². The van der Waals surface area contributed by atoms with Crippen LogP contribution in [-0.2, 0) is 9.47 Å². The van der Waals surface area contributed by atoms with E-state index in [1.807, 2.05) is 0 Å². The molecule has 2 N–H and O–H groups in total. The highest BCUT2D eigenvalue weighted by molar-refractivity contribution is 5.58. The molecular weight excluding hydrogens is 204 g/mol. The molecular formula is C9H12O6. The molecule has 2 aliphatic rings. The lowest BCUT2D eigenvalue weighted by Gasteiger charge is -2.28. The maximum absolute atomic E-state index is 10.4. The summed E-state index contributed by atoms with van der Waals surface area (Å²) in [5, 5.41) is 17.1. The molecule has 0 aliphatic heterocycles. The van der Waals surface area contributed by atoms with Crippen LogP contribution in [0.5, 0.6) is 0 Å². The van der Waals surface area contributed by atoms with E-state index in [4.69, 9.17) is 10.2 Å². The van der Waals surface area contributed by atoms with Gasteiger partial charge in [-0.3, -0.25) is 0 Å². The Kier molecular flexibility index (Phi) is 2.42. The fraction of sp³-hybridized carbons (Fsp3) is 0.778. The number of rotatable bonds is 2. The predicted octanol–water partition coefficient (Wildman–Crippen LogP) is 1.54. The second-order valence-electron chi connectivity index (χ2n) is 4.03. The Labute approximate surface area is 85.8 Å². The second kappa shape index (κ2) is 3.60. The molecule has 0 radical (unpaired) electrons. The topological polar surface area (TPSA) is 93.1 Å². The van der Waals surface area contributed by atoms with Crippen molar-refractivity contribution < 1.29 is 29.3 Å². The first-order chi connectivity index (χ1) is 7.08. The van der Waals surface area contributed by atoms with Crippen molar-refractivity contribution in [2.75, 3.05) is 0 Å². The van der Waals surface area contributed by atoms with E-state index in [-0.39, 0.29) is 11.8 Å². The standard InChI is InChI=1S/C9H12O6/c10-8(11)14-6-4-1-2-5(3-4)7(6)15-9(12)13/h4-7H,1-3H2,(H,10,11)(H,12,13)/t4-,5+,6?,7?. The number of fused-ring (bicyclic) bond motifs is 2. The first kappa shape index (κ1) is 10.1. The Bertz CT molecular complexity index is 260. The average Bonchev–Trinajstić information content (AvgIpc) is 2.67. The van der Waals surface area contributed by atoms with E-state index in [1.54, 1.807) is 0 Å². The zero-order chi connectivity index (χ0) is 11.0. The molecule has 84 valence electrons. The predicted molar refractivity (Wildman–Crippen MR) is 46.6 cm³/mol. The number of hydrogen-bond donors (Lipinski definition) is 2. The quantitative estimate of drug-likeness (QED) is 0.680. The Morgan fingerprint density at radius 1 is 0.933 bits per heavy atom. The molecule has 2 saturated carbocycles. The van der Waals surface area contributed by atoms with Crippen LogP contribution < -0.4 is 0 Å². The summed E-state index contributed by atoms with van der Waals surface area (Å²) in [6, 6.07) is 0. The van der Waals surface area contributed by atoms with E-state index >= 15 is 0 Å². The van der Waals surface area contributed by atoms with Gasteiger partial charge in [0.15, 0.2) is 0 Å². The fourth-order valence-electron chi connectivity index (χ4n) is 2.75. The fourth-order valence-corrected chi connectivity index (χ4v) is 2.75. The van der Waals surface area contributed by atoms with Crippen molar-refractivity contribution in [2.45, 2.75) is 31.5 Å². The van der Waals surface area contributed by atoms with Crippen LogP contribution in [0.1, 0.15) is 19.3 Å². The van der Waals surface area contributed by atoms with E-state index in [2.05, 4.69) is 9.47 Å². The number of ether oxygens (including phenoxy) is 2. The molecule has 0 heterocycles. The summed E-state index contributed by atoms with van der Waals surface area (Å²) < 4.78 is 9.37. The zero-order valence-electron chi connectivity index (χ0n) is 7.96. The maximum Gasteiger partial charge on any atom is 0.506 e. The molecule has 6 nitrogen and oxygen atoms in total. The lowest BCUT2D eigenvalue weighted by molar-refractivity contribution is -0.0626. The van der Waals surface area contributed by atoms with Crippen molar-refractivity contribution in [1.82, 2.24) is 0 Å². The maximum atomic E-state index is 10.4. The number of carbonyl (C=O) groups is 2. The molecule has 2 fully saturated rings. The molecule has 6 heteroatoms. The molecule has 2 bridgehead atoms. The monoisotopic (exact) mass is 216 g/mol. The molecule has 2 unspecified atom stereocenters. The smallest absolute Gasteiger partial charge is 0.450 e. The highest BCUT2D eigenvalue weighted by atomic mass is 16.7. The molecule has 0 spiro atoms.